The minimum Gasteiger partial charge on any atom is -0.477 e. The molecule has 0 saturated heterocycles. The molecule has 0 radical (unpaired) electrons. The highest BCUT2D eigenvalue weighted by Crippen LogP contribution is 2.29. The summed E-state index contributed by atoms with van der Waals surface area (Å²) in [5, 5.41) is 14.0. The Bertz CT molecular complexity index is 800. The average molecular weight is 342 g/mol. The molecule has 0 aliphatic heterocycles. The van der Waals surface area contributed by atoms with Crippen LogP contribution in [0.2, 0.25) is 0 Å². The number of rotatable bonds is 6. The first-order valence-electron chi connectivity index (χ1n) is 8.06. The number of nitrogens with one attached hydrogen (secondary N) is 1. The van der Waals surface area contributed by atoms with Gasteiger partial charge in [-0.1, -0.05) is 38.1 Å². The standard InChI is InChI=1S/C19H22N2O4/c1-12(2)15-7-5-6-14(4)19(15)20-18(22)11-25-17-9-8-13(3)10-16(17)21(23)24/h5-10,12H,11H2,1-4H3,(H,20,22). The lowest BCUT2D eigenvalue weighted by molar-refractivity contribution is -0.385. The second-order valence-electron chi connectivity index (χ2n) is 6.26. The van der Waals surface area contributed by atoms with E-state index in [1.165, 1.54) is 12.1 Å². The van der Waals surface area contributed by atoms with E-state index in [0.29, 0.717) is 0 Å². The van der Waals surface area contributed by atoms with E-state index in [-0.39, 0.29) is 29.9 Å². The number of nitro groups is 1. The van der Waals surface area contributed by atoms with E-state index in [0.717, 1.165) is 22.4 Å². The van der Waals surface area contributed by atoms with Crippen LogP contribution < -0.4 is 10.1 Å². The summed E-state index contributed by atoms with van der Waals surface area (Å²) in [6.45, 7) is 7.49. The second kappa shape index (κ2) is 7.79. The van der Waals surface area contributed by atoms with Crippen LogP contribution in [0.25, 0.3) is 0 Å². The molecule has 0 spiro atoms. The predicted octanol–water partition coefficient (Wildman–Crippen LogP) is 4.35. The Balaban J connectivity index is 2.12. The van der Waals surface area contributed by atoms with Crippen LogP contribution in [0, 0.1) is 24.0 Å². The van der Waals surface area contributed by atoms with Crippen molar-refractivity contribution in [3.63, 3.8) is 0 Å². The molecule has 0 fully saturated rings. The number of nitro benzene ring substituents is 1. The van der Waals surface area contributed by atoms with Crippen molar-refractivity contribution >= 4 is 17.3 Å². The van der Waals surface area contributed by atoms with E-state index in [9.17, 15) is 14.9 Å². The SMILES string of the molecule is Cc1ccc(OCC(=O)Nc2c(C)cccc2C(C)C)c([N+](=O)[O-])c1. The second-order valence-corrected chi connectivity index (χ2v) is 6.26. The number of aryl methyl sites for hydroxylation is 2. The van der Waals surface area contributed by atoms with Crippen LogP contribution >= 0.6 is 0 Å². The maximum atomic E-state index is 12.3. The summed E-state index contributed by atoms with van der Waals surface area (Å²) in [5.41, 5.74) is 3.37. The number of benzene rings is 2. The first-order chi connectivity index (χ1) is 11.8. The summed E-state index contributed by atoms with van der Waals surface area (Å²) in [5.74, 6) is -0.0139. The lowest BCUT2D eigenvalue weighted by Crippen LogP contribution is -2.22. The number of carbonyl (C=O) groups is 1. The minimum absolute atomic E-state index is 0.0830. The maximum absolute atomic E-state index is 12.3. The Kier molecular flexibility index (Phi) is 5.75. The zero-order chi connectivity index (χ0) is 18.6. The van der Waals surface area contributed by atoms with Gasteiger partial charge in [0.05, 0.1) is 4.92 Å². The molecule has 6 heteroatoms. The molecule has 0 aliphatic rings. The van der Waals surface area contributed by atoms with Crippen LogP contribution in [0.4, 0.5) is 11.4 Å². The lowest BCUT2D eigenvalue weighted by atomic mass is 9.98. The fourth-order valence-corrected chi connectivity index (χ4v) is 2.55. The minimum atomic E-state index is -0.515. The van der Waals surface area contributed by atoms with Gasteiger partial charge in [0.25, 0.3) is 5.91 Å². The molecule has 0 saturated carbocycles. The van der Waals surface area contributed by atoms with Gasteiger partial charge in [-0.25, -0.2) is 0 Å². The Morgan fingerprint density at radius 2 is 1.96 bits per heavy atom. The first kappa shape index (κ1) is 18.4. The number of carbonyl (C=O) groups excluding carboxylic acids is 1. The van der Waals surface area contributed by atoms with E-state index in [1.807, 2.05) is 25.1 Å². The molecule has 2 aromatic carbocycles. The summed E-state index contributed by atoms with van der Waals surface area (Å²) in [7, 11) is 0. The highest BCUT2D eigenvalue weighted by Gasteiger charge is 2.17. The lowest BCUT2D eigenvalue weighted by Gasteiger charge is -2.16. The molecule has 0 aromatic heterocycles. The van der Waals surface area contributed by atoms with Crippen LogP contribution in [0.1, 0.15) is 36.5 Å². The number of hydrogen-bond donors (Lipinski definition) is 1. The third kappa shape index (κ3) is 4.56. The van der Waals surface area contributed by atoms with Crippen molar-refractivity contribution < 1.29 is 14.5 Å². The van der Waals surface area contributed by atoms with E-state index < -0.39 is 4.92 Å². The van der Waals surface area contributed by atoms with Crippen molar-refractivity contribution in [1.82, 2.24) is 0 Å². The van der Waals surface area contributed by atoms with Crippen molar-refractivity contribution in [3.8, 4) is 5.75 Å². The quantitative estimate of drug-likeness (QED) is 0.625. The summed E-state index contributed by atoms with van der Waals surface area (Å²) in [6, 6.07) is 10.5. The predicted molar refractivity (Wildman–Crippen MR) is 97.2 cm³/mol. The molecule has 2 rings (SSSR count). The average Bonchev–Trinajstić information content (AvgIpc) is 2.55. The largest absolute Gasteiger partial charge is 0.477 e. The number of nitrogens with zero attached hydrogens (tertiary/aromatic N) is 1. The van der Waals surface area contributed by atoms with Crippen molar-refractivity contribution in [2.24, 2.45) is 0 Å². The summed E-state index contributed by atoms with van der Waals surface area (Å²) in [4.78, 5) is 22.8. The van der Waals surface area contributed by atoms with E-state index >= 15 is 0 Å². The van der Waals surface area contributed by atoms with Gasteiger partial charge in [-0.2, -0.15) is 0 Å². The molecule has 2 aromatic rings. The fourth-order valence-electron chi connectivity index (χ4n) is 2.55. The van der Waals surface area contributed by atoms with Crippen LogP contribution in [0.5, 0.6) is 5.75 Å². The van der Waals surface area contributed by atoms with Gasteiger partial charge in [-0.3, -0.25) is 14.9 Å². The van der Waals surface area contributed by atoms with Gasteiger partial charge in [0.1, 0.15) is 0 Å². The van der Waals surface area contributed by atoms with Crippen LogP contribution in [0.3, 0.4) is 0 Å². The van der Waals surface area contributed by atoms with Crippen molar-refractivity contribution in [1.29, 1.82) is 0 Å². The van der Waals surface area contributed by atoms with E-state index in [4.69, 9.17) is 4.74 Å². The first-order valence-corrected chi connectivity index (χ1v) is 8.06. The number of amides is 1. The highest BCUT2D eigenvalue weighted by atomic mass is 16.6. The zero-order valence-corrected chi connectivity index (χ0v) is 14.8. The Hall–Kier alpha value is -2.89. The molecule has 25 heavy (non-hydrogen) atoms. The topological polar surface area (TPSA) is 81.5 Å². The van der Waals surface area contributed by atoms with Gasteiger partial charge in [0.2, 0.25) is 0 Å². The fraction of sp³-hybridized carbons (Fsp3) is 0.316. The molecular weight excluding hydrogens is 320 g/mol. The van der Waals surface area contributed by atoms with Gasteiger partial charge in [-0.05, 0) is 42.5 Å². The van der Waals surface area contributed by atoms with Gasteiger partial charge < -0.3 is 10.1 Å². The Labute approximate surface area is 147 Å². The van der Waals surface area contributed by atoms with Crippen molar-refractivity contribution in [2.75, 3.05) is 11.9 Å². The third-order valence-electron chi connectivity index (χ3n) is 3.86. The van der Waals surface area contributed by atoms with Crippen molar-refractivity contribution in [2.45, 2.75) is 33.6 Å². The van der Waals surface area contributed by atoms with Crippen LogP contribution in [0.15, 0.2) is 36.4 Å². The molecule has 6 nitrogen and oxygen atoms in total. The molecule has 1 amide bonds. The number of para-hydroxylation sites is 1. The zero-order valence-electron chi connectivity index (χ0n) is 14.8. The monoisotopic (exact) mass is 342 g/mol. The molecule has 0 aliphatic carbocycles. The van der Waals surface area contributed by atoms with Gasteiger partial charge in [0, 0.05) is 11.8 Å². The number of hydrogen-bond acceptors (Lipinski definition) is 4. The van der Waals surface area contributed by atoms with Crippen molar-refractivity contribution in [3.05, 3.63) is 63.2 Å². The van der Waals surface area contributed by atoms with E-state index in [1.54, 1.807) is 13.0 Å². The van der Waals surface area contributed by atoms with Gasteiger partial charge >= 0.3 is 5.69 Å². The number of anilines is 1. The normalized spacial score (nSPS) is 10.6. The van der Waals surface area contributed by atoms with Gasteiger partial charge in [0.15, 0.2) is 12.4 Å². The molecule has 0 heterocycles. The molecule has 0 bridgehead atoms. The molecule has 0 atom stereocenters. The Morgan fingerprint density at radius 1 is 1.24 bits per heavy atom. The van der Waals surface area contributed by atoms with Gasteiger partial charge in [-0.15, -0.1) is 0 Å². The molecule has 0 unspecified atom stereocenters. The summed E-state index contributed by atoms with van der Waals surface area (Å²) < 4.78 is 5.37. The summed E-state index contributed by atoms with van der Waals surface area (Å²) in [6.07, 6.45) is 0. The molecule has 132 valence electrons. The third-order valence-corrected chi connectivity index (χ3v) is 3.86. The number of ether oxygens (including phenoxy) is 1. The van der Waals surface area contributed by atoms with Crippen LogP contribution in [-0.4, -0.2) is 17.4 Å². The smallest absolute Gasteiger partial charge is 0.311 e. The molecular formula is C19H22N2O4. The van der Waals surface area contributed by atoms with Crippen LogP contribution in [-0.2, 0) is 4.79 Å². The highest BCUT2D eigenvalue weighted by molar-refractivity contribution is 5.93. The maximum Gasteiger partial charge on any atom is 0.311 e. The summed E-state index contributed by atoms with van der Waals surface area (Å²) >= 11 is 0. The Morgan fingerprint density at radius 3 is 2.60 bits per heavy atom. The van der Waals surface area contributed by atoms with E-state index in [2.05, 4.69) is 19.2 Å². The molecule has 1 N–H and O–H groups in total.